The van der Waals surface area contributed by atoms with Crippen LogP contribution in [0.2, 0.25) is 5.02 Å². The molecule has 4 heteroatoms. The second kappa shape index (κ2) is 6.63. The molecule has 0 bridgehead atoms. The summed E-state index contributed by atoms with van der Waals surface area (Å²) in [7, 11) is 0. The summed E-state index contributed by atoms with van der Waals surface area (Å²) in [5, 5.41) is 3.81. The Morgan fingerprint density at radius 1 is 1.26 bits per heavy atom. The lowest BCUT2D eigenvalue weighted by atomic mass is 9.98. The lowest BCUT2D eigenvalue weighted by molar-refractivity contribution is -0.125. The molecule has 0 saturated heterocycles. The molecule has 0 radical (unpaired) electrons. The number of anilines is 1. The summed E-state index contributed by atoms with van der Waals surface area (Å²) in [4.78, 5) is 12.5. The second-order valence-electron chi connectivity index (χ2n) is 6.33. The van der Waals surface area contributed by atoms with E-state index in [9.17, 15) is 4.79 Å². The number of rotatable bonds is 4. The van der Waals surface area contributed by atoms with Gasteiger partial charge in [0.25, 0.3) is 0 Å². The SMILES string of the molecule is CC(Cc1cc(Cl)ccc1N)C(=O)NC1Cc2ccccc2C1. The summed E-state index contributed by atoms with van der Waals surface area (Å²) < 4.78 is 0. The van der Waals surface area contributed by atoms with E-state index in [4.69, 9.17) is 17.3 Å². The van der Waals surface area contributed by atoms with Gasteiger partial charge >= 0.3 is 0 Å². The fourth-order valence-corrected chi connectivity index (χ4v) is 3.37. The minimum Gasteiger partial charge on any atom is -0.399 e. The fourth-order valence-electron chi connectivity index (χ4n) is 3.18. The average Bonchev–Trinajstić information content (AvgIpc) is 2.93. The predicted octanol–water partition coefficient (Wildman–Crippen LogP) is 3.38. The van der Waals surface area contributed by atoms with Gasteiger partial charge in [-0.1, -0.05) is 42.8 Å². The van der Waals surface area contributed by atoms with Crippen molar-refractivity contribution in [3.05, 3.63) is 64.2 Å². The molecular weight excluding hydrogens is 308 g/mol. The summed E-state index contributed by atoms with van der Waals surface area (Å²) in [6.07, 6.45) is 2.42. The summed E-state index contributed by atoms with van der Waals surface area (Å²) in [6, 6.07) is 14.0. The zero-order valence-electron chi connectivity index (χ0n) is 13.2. The highest BCUT2D eigenvalue weighted by molar-refractivity contribution is 6.30. The zero-order chi connectivity index (χ0) is 16.4. The Bertz CT molecular complexity index is 704. The van der Waals surface area contributed by atoms with Gasteiger partial charge in [0.15, 0.2) is 0 Å². The first kappa shape index (κ1) is 15.9. The van der Waals surface area contributed by atoms with Crippen LogP contribution in [0.4, 0.5) is 5.69 Å². The van der Waals surface area contributed by atoms with Gasteiger partial charge in [0.05, 0.1) is 0 Å². The smallest absolute Gasteiger partial charge is 0.223 e. The molecule has 120 valence electrons. The van der Waals surface area contributed by atoms with E-state index in [1.807, 2.05) is 25.1 Å². The van der Waals surface area contributed by atoms with E-state index in [0.29, 0.717) is 17.1 Å². The van der Waals surface area contributed by atoms with Crippen LogP contribution < -0.4 is 11.1 Å². The van der Waals surface area contributed by atoms with Crippen LogP contribution >= 0.6 is 11.6 Å². The number of hydrogen-bond donors (Lipinski definition) is 2. The molecule has 3 nitrogen and oxygen atoms in total. The number of nitrogens with one attached hydrogen (secondary N) is 1. The van der Waals surface area contributed by atoms with Crippen LogP contribution in [0.25, 0.3) is 0 Å². The van der Waals surface area contributed by atoms with E-state index < -0.39 is 0 Å². The summed E-state index contributed by atoms with van der Waals surface area (Å²) in [5.41, 5.74) is 10.3. The van der Waals surface area contributed by atoms with E-state index in [2.05, 4.69) is 17.4 Å². The van der Waals surface area contributed by atoms with Crippen LogP contribution in [0.5, 0.6) is 0 Å². The van der Waals surface area contributed by atoms with Crippen molar-refractivity contribution in [2.45, 2.75) is 32.2 Å². The quantitative estimate of drug-likeness (QED) is 0.845. The Labute approximate surface area is 141 Å². The van der Waals surface area contributed by atoms with Gasteiger partial charge in [0.2, 0.25) is 5.91 Å². The predicted molar refractivity (Wildman–Crippen MR) is 94.5 cm³/mol. The molecule has 1 atom stereocenters. The Hall–Kier alpha value is -2.00. The van der Waals surface area contributed by atoms with Crippen molar-refractivity contribution in [3.8, 4) is 0 Å². The number of amides is 1. The van der Waals surface area contributed by atoms with Crippen molar-refractivity contribution in [2.75, 3.05) is 5.73 Å². The highest BCUT2D eigenvalue weighted by Gasteiger charge is 2.24. The third-order valence-corrected chi connectivity index (χ3v) is 4.71. The van der Waals surface area contributed by atoms with Crippen LogP contribution in [0.1, 0.15) is 23.6 Å². The van der Waals surface area contributed by atoms with Crippen molar-refractivity contribution >= 4 is 23.2 Å². The highest BCUT2D eigenvalue weighted by Crippen LogP contribution is 2.23. The molecule has 0 aromatic heterocycles. The molecule has 1 amide bonds. The standard InChI is InChI=1S/C19H21ClN2O/c1-12(8-15-9-16(20)6-7-18(15)21)19(23)22-17-10-13-4-2-3-5-14(13)11-17/h2-7,9,12,17H,8,10-11,21H2,1H3,(H,22,23). The van der Waals surface area contributed by atoms with E-state index >= 15 is 0 Å². The number of nitrogens with two attached hydrogens (primary N) is 1. The van der Waals surface area contributed by atoms with Crippen LogP contribution in [0, 0.1) is 5.92 Å². The van der Waals surface area contributed by atoms with E-state index in [0.717, 1.165) is 18.4 Å². The van der Waals surface area contributed by atoms with Crippen LogP contribution in [-0.2, 0) is 24.1 Å². The number of hydrogen-bond acceptors (Lipinski definition) is 2. The molecule has 0 saturated carbocycles. The maximum atomic E-state index is 12.5. The van der Waals surface area contributed by atoms with Crippen molar-refractivity contribution in [1.29, 1.82) is 0 Å². The van der Waals surface area contributed by atoms with E-state index in [-0.39, 0.29) is 17.9 Å². The van der Waals surface area contributed by atoms with Gasteiger partial charge in [0, 0.05) is 22.7 Å². The van der Waals surface area contributed by atoms with E-state index in [1.54, 1.807) is 12.1 Å². The largest absolute Gasteiger partial charge is 0.399 e. The Morgan fingerprint density at radius 2 is 1.91 bits per heavy atom. The molecule has 2 aromatic rings. The zero-order valence-corrected chi connectivity index (χ0v) is 13.9. The van der Waals surface area contributed by atoms with Crippen LogP contribution in [0.3, 0.4) is 0 Å². The molecule has 1 aliphatic rings. The topological polar surface area (TPSA) is 55.1 Å². The maximum absolute atomic E-state index is 12.5. The van der Waals surface area contributed by atoms with Crippen LogP contribution in [-0.4, -0.2) is 11.9 Å². The molecule has 3 N–H and O–H groups in total. The van der Waals surface area contributed by atoms with Gasteiger partial charge in [0.1, 0.15) is 0 Å². The van der Waals surface area contributed by atoms with E-state index in [1.165, 1.54) is 11.1 Å². The molecule has 2 aromatic carbocycles. The van der Waals surface area contributed by atoms with Gasteiger partial charge in [-0.05, 0) is 54.2 Å². The molecule has 3 rings (SSSR count). The summed E-state index contributed by atoms with van der Waals surface area (Å²) in [6.45, 7) is 1.93. The molecule has 0 aliphatic heterocycles. The fraction of sp³-hybridized carbons (Fsp3) is 0.316. The third kappa shape index (κ3) is 3.67. The number of fused-ring (bicyclic) bond motifs is 1. The summed E-state index contributed by atoms with van der Waals surface area (Å²) >= 11 is 6.01. The minimum absolute atomic E-state index is 0.0715. The number of halogens is 1. The minimum atomic E-state index is -0.139. The van der Waals surface area contributed by atoms with Crippen molar-refractivity contribution < 1.29 is 4.79 Å². The first-order chi connectivity index (χ1) is 11.0. The number of carbonyl (C=O) groups is 1. The molecule has 0 spiro atoms. The Kier molecular flexibility index (Phi) is 4.58. The normalized spacial score (nSPS) is 15.2. The monoisotopic (exact) mass is 328 g/mol. The third-order valence-electron chi connectivity index (χ3n) is 4.48. The second-order valence-corrected chi connectivity index (χ2v) is 6.77. The van der Waals surface area contributed by atoms with Crippen molar-refractivity contribution in [1.82, 2.24) is 5.32 Å². The number of carbonyl (C=O) groups excluding carboxylic acids is 1. The molecular formula is C19H21ClN2O. The first-order valence-electron chi connectivity index (χ1n) is 7.94. The van der Waals surface area contributed by atoms with Crippen LogP contribution in [0.15, 0.2) is 42.5 Å². The van der Waals surface area contributed by atoms with Crippen molar-refractivity contribution in [3.63, 3.8) is 0 Å². The van der Waals surface area contributed by atoms with Crippen molar-refractivity contribution in [2.24, 2.45) is 5.92 Å². The number of benzene rings is 2. The molecule has 23 heavy (non-hydrogen) atoms. The maximum Gasteiger partial charge on any atom is 0.223 e. The van der Waals surface area contributed by atoms with Gasteiger partial charge in [-0.2, -0.15) is 0 Å². The molecule has 1 unspecified atom stereocenters. The average molecular weight is 329 g/mol. The lowest BCUT2D eigenvalue weighted by Crippen LogP contribution is -2.39. The van der Waals surface area contributed by atoms with Gasteiger partial charge in [-0.25, -0.2) is 0 Å². The first-order valence-corrected chi connectivity index (χ1v) is 8.32. The molecule has 1 aliphatic carbocycles. The highest BCUT2D eigenvalue weighted by atomic mass is 35.5. The van der Waals surface area contributed by atoms with Gasteiger partial charge < -0.3 is 11.1 Å². The lowest BCUT2D eigenvalue weighted by Gasteiger charge is -2.17. The molecule has 0 fully saturated rings. The van der Waals surface area contributed by atoms with Gasteiger partial charge in [-0.15, -0.1) is 0 Å². The Balaban J connectivity index is 1.60. The Morgan fingerprint density at radius 3 is 2.57 bits per heavy atom. The van der Waals surface area contributed by atoms with Gasteiger partial charge in [-0.3, -0.25) is 4.79 Å². The summed E-state index contributed by atoms with van der Waals surface area (Å²) in [5.74, 6) is -0.0679. The number of nitrogen functional groups attached to an aromatic ring is 1. The molecule has 0 heterocycles.